The van der Waals surface area contributed by atoms with E-state index < -0.39 is 5.60 Å². The molecule has 0 bridgehead atoms. The fraction of sp³-hybridized carbons (Fsp3) is 0.294. The zero-order chi connectivity index (χ0) is 18.6. The van der Waals surface area contributed by atoms with E-state index in [9.17, 15) is 5.21 Å². The fourth-order valence-electron chi connectivity index (χ4n) is 2.85. The van der Waals surface area contributed by atoms with Crippen LogP contribution in [0.3, 0.4) is 0 Å². The Morgan fingerprint density at radius 2 is 2.12 bits per heavy atom. The van der Waals surface area contributed by atoms with Gasteiger partial charge in [0.1, 0.15) is 28.0 Å². The van der Waals surface area contributed by atoms with Gasteiger partial charge in [0.15, 0.2) is 5.69 Å². The molecule has 0 N–H and O–H groups in total. The van der Waals surface area contributed by atoms with Gasteiger partial charge >= 0.3 is 0 Å². The van der Waals surface area contributed by atoms with Crippen LogP contribution in [0.15, 0.2) is 29.0 Å². The summed E-state index contributed by atoms with van der Waals surface area (Å²) in [5, 5.41) is 17.1. The average molecular weight is 374 g/mol. The predicted octanol–water partition coefficient (Wildman–Crippen LogP) is 3.01. The minimum absolute atomic E-state index is 0.220. The number of benzene rings is 1. The highest BCUT2D eigenvalue weighted by molar-refractivity contribution is 6.34. The Morgan fingerprint density at radius 1 is 1.35 bits per heavy atom. The van der Waals surface area contributed by atoms with Gasteiger partial charge in [0, 0.05) is 14.0 Å². The van der Waals surface area contributed by atoms with Crippen LogP contribution >= 0.6 is 11.6 Å². The smallest absolute Gasteiger partial charge is 0.279 e. The molecular formula is C17H16ClN5O3. The van der Waals surface area contributed by atoms with Gasteiger partial charge in [-0.05, 0) is 26.0 Å². The second-order valence-corrected chi connectivity index (χ2v) is 6.84. The Morgan fingerprint density at radius 3 is 2.85 bits per heavy atom. The van der Waals surface area contributed by atoms with Gasteiger partial charge in [-0.25, -0.2) is 4.98 Å². The molecule has 0 spiro atoms. The van der Waals surface area contributed by atoms with Crippen molar-refractivity contribution in [2.45, 2.75) is 26.4 Å². The first-order valence-corrected chi connectivity index (χ1v) is 8.30. The van der Waals surface area contributed by atoms with E-state index in [0.29, 0.717) is 38.8 Å². The summed E-state index contributed by atoms with van der Waals surface area (Å²) >= 11 is 6.22. The number of imidazole rings is 1. The van der Waals surface area contributed by atoms with Crippen molar-refractivity contribution in [3.8, 4) is 11.6 Å². The summed E-state index contributed by atoms with van der Waals surface area (Å²) in [7, 11) is 1.57. The number of hydrogen-bond acceptors (Lipinski definition) is 6. The van der Waals surface area contributed by atoms with Gasteiger partial charge in [-0.15, -0.1) is 0 Å². The molecule has 3 aromatic heterocycles. The first-order chi connectivity index (χ1) is 12.3. The molecule has 0 radical (unpaired) electrons. The lowest BCUT2D eigenvalue weighted by Crippen LogP contribution is -2.32. The lowest BCUT2D eigenvalue weighted by Gasteiger charge is -2.17. The number of fused-ring (bicyclic) bond motifs is 3. The van der Waals surface area contributed by atoms with Gasteiger partial charge in [-0.3, -0.25) is 4.40 Å². The molecule has 0 aliphatic rings. The molecule has 9 heteroatoms. The molecule has 0 fully saturated rings. The number of nitrogens with zero attached hydrogens (tertiary/aromatic N) is 5. The zero-order valence-corrected chi connectivity index (χ0v) is 15.4. The highest BCUT2D eigenvalue weighted by Crippen LogP contribution is 2.30. The third kappa shape index (κ3) is 2.26. The van der Waals surface area contributed by atoms with E-state index in [-0.39, 0.29) is 5.89 Å². The van der Waals surface area contributed by atoms with Crippen LogP contribution in [0.1, 0.15) is 25.4 Å². The maximum absolute atomic E-state index is 12.8. The van der Waals surface area contributed by atoms with Gasteiger partial charge < -0.3 is 14.5 Å². The average Bonchev–Trinajstić information content (AvgIpc) is 3.26. The van der Waals surface area contributed by atoms with Crippen LogP contribution in [0.25, 0.3) is 28.1 Å². The largest absolute Gasteiger partial charge is 0.618 e. The summed E-state index contributed by atoms with van der Waals surface area (Å²) in [5.74, 6) is 0.615. The number of rotatable bonds is 3. The SMILES string of the molecule is COC(C)(C)c1noc(-c2ncn3c2c(C)[n+]([O-])c2c(Cl)cccc23)n1. The molecule has 8 nitrogen and oxygen atoms in total. The molecule has 3 heterocycles. The van der Waals surface area contributed by atoms with Crippen molar-refractivity contribution in [2.24, 2.45) is 0 Å². The summed E-state index contributed by atoms with van der Waals surface area (Å²) in [6.07, 6.45) is 1.61. The van der Waals surface area contributed by atoms with Crippen LogP contribution in [0.2, 0.25) is 5.02 Å². The second-order valence-electron chi connectivity index (χ2n) is 6.44. The minimum atomic E-state index is -0.703. The van der Waals surface area contributed by atoms with Crippen LogP contribution in [0.4, 0.5) is 0 Å². The summed E-state index contributed by atoms with van der Waals surface area (Å²) in [4.78, 5) is 8.80. The van der Waals surface area contributed by atoms with E-state index >= 15 is 0 Å². The number of para-hydroxylation sites is 1. The first-order valence-electron chi connectivity index (χ1n) is 7.92. The van der Waals surface area contributed by atoms with E-state index in [0.717, 1.165) is 4.73 Å². The zero-order valence-electron chi connectivity index (χ0n) is 14.6. The predicted molar refractivity (Wildman–Crippen MR) is 94.7 cm³/mol. The molecule has 134 valence electrons. The number of aromatic nitrogens is 5. The maximum atomic E-state index is 12.8. The van der Waals surface area contributed by atoms with Crippen molar-refractivity contribution in [2.75, 3.05) is 7.11 Å². The highest BCUT2D eigenvalue weighted by Gasteiger charge is 2.29. The van der Waals surface area contributed by atoms with E-state index in [2.05, 4.69) is 15.1 Å². The topological polar surface area (TPSA) is 92.4 Å². The number of aryl methyl sites for hydroxylation is 1. The third-order valence-electron chi connectivity index (χ3n) is 4.52. The fourth-order valence-corrected chi connectivity index (χ4v) is 3.10. The highest BCUT2D eigenvalue weighted by atomic mass is 35.5. The molecule has 26 heavy (non-hydrogen) atoms. The molecule has 0 saturated heterocycles. The lowest BCUT2D eigenvalue weighted by atomic mass is 10.1. The standard InChI is InChI=1S/C17H16ClN5O3/c1-9-13-12(15-20-16(21-26-15)17(2,3)25-4)19-8-22(13)11-7-5-6-10(18)14(11)23(9)24/h5-8H,1-4H3. The van der Waals surface area contributed by atoms with E-state index in [1.807, 2.05) is 13.8 Å². The molecule has 0 saturated carbocycles. The van der Waals surface area contributed by atoms with Crippen LogP contribution in [-0.4, -0.2) is 26.6 Å². The van der Waals surface area contributed by atoms with E-state index in [4.69, 9.17) is 20.9 Å². The van der Waals surface area contributed by atoms with Gasteiger partial charge in [0.25, 0.3) is 11.4 Å². The van der Waals surface area contributed by atoms with Crippen LogP contribution in [-0.2, 0) is 10.3 Å². The van der Waals surface area contributed by atoms with Gasteiger partial charge in [0.05, 0.1) is 0 Å². The van der Waals surface area contributed by atoms with Crippen molar-refractivity contribution in [3.05, 3.63) is 46.3 Å². The Bertz CT molecular complexity index is 1150. The summed E-state index contributed by atoms with van der Waals surface area (Å²) in [6, 6.07) is 5.27. The quantitative estimate of drug-likeness (QED) is 0.405. The van der Waals surface area contributed by atoms with Gasteiger partial charge in [-0.2, -0.15) is 9.71 Å². The van der Waals surface area contributed by atoms with Crippen molar-refractivity contribution in [1.82, 2.24) is 19.5 Å². The third-order valence-corrected chi connectivity index (χ3v) is 4.83. The number of ether oxygens (including phenoxy) is 1. The van der Waals surface area contributed by atoms with E-state index in [1.54, 1.807) is 43.0 Å². The monoisotopic (exact) mass is 373 g/mol. The molecule has 0 atom stereocenters. The molecular weight excluding hydrogens is 358 g/mol. The normalized spacial score (nSPS) is 12.3. The minimum Gasteiger partial charge on any atom is -0.618 e. The molecule has 0 aliphatic heterocycles. The van der Waals surface area contributed by atoms with Crippen molar-refractivity contribution >= 4 is 28.2 Å². The van der Waals surface area contributed by atoms with Crippen molar-refractivity contribution < 1.29 is 14.0 Å². The molecule has 0 unspecified atom stereocenters. The van der Waals surface area contributed by atoms with Crippen LogP contribution in [0, 0.1) is 12.1 Å². The Balaban J connectivity index is 2.01. The first kappa shape index (κ1) is 16.7. The molecule has 1 aromatic carbocycles. The van der Waals surface area contributed by atoms with Crippen LogP contribution < -0.4 is 4.73 Å². The Kier molecular flexibility index (Phi) is 3.64. The summed E-state index contributed by atoms with van der Waals surface area (Å²) < 4.78 is 13.4. The maximum Gasteiger partial charge on any atom is 0.279 e. The summed E-state index contributed by atoms with van der Waals surface area (Å²) in [5.41, 5.74) is 1.77. The van der Waals surface area contributed by atoms with Crippen molar-refractivity contribution in [3.63, 3.8) is 0 Å². The van der Waals surface area contributed by atoms with Crippen molar-refractivity contribution in [1.29, 1.82) is 0 Å². The van der Waals surface area contributed by atoms with Gasteiger partial charge in [0.2, 0.25) is 11.5 Å². The molecule has 0 aliphatic carbocycles. The summed E-state index contributed by atoms with van der Waals surface area (Å²) in [6.45, 7) is 5.37. The Hall–Kier alpha value is -2.71. The van der Waals surface area contributed by atoms with Gasteiger partial charge in [-0.1, -0.05) is 22.8 Å². The number of hydrogen-bond donors (Lipinski definition) is 0. The Labute approximate surface area is 153 Å². The number of halogens is 1. The molecule has 4 aromatic rings. The second kappa shape index (κ2) is 5.65. The molecule has 4 rings (SSSR count). The molecule has 0 amide bonds. The van der Waals surface area contributed by atoms with Crippen LogP contribution in [0.5, 0.6) is 0 Å². The van der Waals surface area contributed by atoms with E-state index in [1.165, 1.54) is 0 Å². The number of methoxy groups -OCH3 is 1. The lowest BCUT2D eigenvalue weighted by molar-refractivity contribution is -0.583.